The first kappa shape index (κ1) is 25.7. The van der Waals surface area contributed by atoms with E-state index in [-0.39, 0.29) is 46.8 Å². The highest BCUT2D eigenvalue weighted by molar-refractivity contribution is 5.94. The number of carbonyl (C=O) groups excluding carboxylic acids is 2. The Kier molecular flexibility index (Phi) is 7.62. The molecule has 2 fully saturated rings. The van der Waals surface area contributed by atoms with Gasteiger partial charge in [0.25, 0.3) is 5.91 Å². The molecular weight excluding hydrogens is 476 g/mol. The van der Waals surface area contributed by atoms with Gasteiger partial charge in [0.2, 0.25) is 5.89 Å². The molecule has 1 saturated carbocycles. The van der Waals surface area contributed by atoms with Gasteiger partial charge < -0.3 is 34.7 Å². The molecule has 3 amide bonds. The lowest BCUT2D eigenvalue weighted by molar-refractivity contribution is -0.0515. The molecule has 1 aromatic heterocycles. The van der Waals surface area contributed by atoms with Crippen LogP contribution in [0.5, 0.6) is 11.5 Å². The first-order chi connectivity index (χ1) is 17.1. The van der Waals surface area contributed by atoms with E-state index in [9.17, 15) is 18.4 Å². The molecule has 2 aromatic rings. The lowest BCUT2D eigenvalue weighted by atomic mass is 10.2. The second kappa shape index (κ2) is 10.7. The number of rotatable bonds is 9. The number of nitrogens with two attached hydrogens (primary N) is 1. The lowest BCUT2D eigenvalue weighted by Gasteiger charge is -2.18. The van der Waals surface area contributed by atoms with Crippen molar-refractivity contribution in [3.63, 3.8) is 0 Å². The molecule has 12 heteroatoms. The molecule has 1 aliphatic heterocycles. The molecule has 1 aliphatic carbocycles. The number of benzene rings is 1. The van der Waals surface area contributed by atoms with Gasteiger partial charge in [-0.2, -0.15) is 8.78 Å². The molecule has 36 heavy (non-hydrogen) atoms. The standard InChI is InChI=1S/C24H31F2N5O5/c1-13(27)20-19(22(32)31-9-8-16(11-31)28-24(33)30(2)3)29-21(36-20)15-6-7-17(35-23(25)26)18(10-15)34-12-14-4-5-14/h6-7,10,13-14,16,23H,4-5,8-9,11-12,27H2,1-3H3,(H,28,33)/t13?,16-/m0/s1. The number of amides is 3. The van der Waals surface area contributed by atoms with Crippen molar-refractivity contribution in [3.8, 4) is 23.0 Å². The molecule has 2 heterocycles. The van der Waals surface area contributed by atoms with Crippen molar-refractivity contribution in [2.24, 2.45) is 11.7 Å². The van der Waals surface area contributed by atoms with Crippen molar-refractivity contribution in [1.29, 1.82) is 0 Å². The van der Waals surface area contributed by atoms with Gasteiger partial charge in [0.05, 0.1) is 12.6 Å². The molecule has 3 N–H and O–H groups in total. The highest BCUT2D eigenvalue weighted by atomic mass is 19.3. The van der Waals surface area contributed by atoms with E-state index in [1.165, 1.54) is 23.1 Å². The number of urea groups is 1. The Morgan fingerprint density at radius 2 is 2.03 bits per heavy atom. The minimum absolute atomic E-state index is 0.0768. The number of hydrogen-bond donors (Lipinski definition) is 2. The zero-order valence-electron chi connectivity index (χ0n) is 20.5. The second-order valence-electron chi connectivity index (χ2n) is 9.40. The van der Waals surface area contributed by atoms with Gasteiger partial charge in [-0.1, -0.05) is 0 Å². The second-order valence-corrected chi connectivity index (χ2v) is 9.40. The molecule has 4 rings (SSSR count). The minimum atomic E-state index is -3.00. The summed E-state index contributed by atoms with van der Waals surface area (Å²) in [7, 11) is 3.29. The molecule has 0 bridgehead atoms. The SMILES string of the molecule is CC(N)c1oc(-c2ccc(OC(F)F)c(OCC3CC3)c2)nc1C(=O)N1CC[C@H](NC(=O)N(C)C)C1. The molecule has 1 aromatic carbocycles. The first-order valence-corrected chi connectivity index (χ1v) is 11.9. The fraction of sp³-hybridized carbons (Fsp3) is 0.542. The Hall–Kier alpha value is -3.41. The van der Waals surface area contributed by atoms with E-state index < -0.39 is 12.7 Å². The molecule has 1 unspecified atom stereocenters. The number of hydrogen-bond acceptors (Lipinski definition) is 7. The molecule has 196 valence electrons. The van der Waals surface area contributed by atoms with Crippen LogP contribution in [0.1, 0.15) is 48.5 Å². The summed E-state index contributed by atoms with van der Waals surface area (Å²) < 4.78 is 41.9. The normalized spacial score (nSPS) is 18.3. The minimum Gasteiger partial charge on any atom is -0.489 e. The predicted molar refractivity (Wildman–Crippen MR) is 126 cm³/mol. The van der Waals surface area contributed by atoms with Gasteiger partial charge >= 0.3 is 12.6 Å². The third kappa shape index (κ3) is 6.04. The molecule has 10 nitrogen and oxygen atoms in total. The number of alkyl halides is 2. The molecule has 2 aliphatic rings. The van der Waals surface area contributed by atoms with Gasteiger partial charge in [-0.25, -0.2) is 9.78 Å². The van der Waals surface area contributed by atoms with Crippen LogP contribution >= 0.6 is 0 Å². The van der Waals surface area contributed by atoms with E-state index in [0.717, 1.165) is 12.8 Å². The Labute approximate surface area is 207 Å². The zero-order valence-corrected chi connectivity index (χ0v) is 20.5. The maximum atomic E-state index is 13.3. The van der Waals surface area contributed by atoms with Crippen LogP contribution in [-0.4, -0.2) is 73.2 Å². The summed E-state index contributed by atoms with van der Waals surface area (Å²) in [5.74, 6) is 0.420. The van der Waals surface area contributed by atoms with Crippen molar-refractivity contribution >= 4 is 11.9 Å². The van der Waals surface area contributed by atoms with Gasteiger partial charge in [0.1, 0.15) is 0 Å². The highest BCUT2D eigenvalue weighted by Gasteiger charge is 2.33. The average Bonchev–Trinajstić information content (AvgIpc) is 3.35. The van der Waals surface area contributed by atoms with Crippen LogP contribution in [0.25, 0.3) is 11.5 Å². The van der Waals surface area contributed by atoms with E-state index in [1.54, 1.807) is 25.9 Å². The lowest BCUT2D eigenvalue weighted by Crippen LogP contribution is -2.43. The Balaban J connectivity index is 1.56. The number of nitrogens with zero attached hydrogens (tertiary/aromatic N) is 3. The van der Waals surface area contributed by atoms with E-state index in [1.807, 2.05) is 0 Å². The first-order valence-electron chi connectivity index (χ1n) is 11.9. The number of ether oxygens (including phenoxy) is 2. The molecule has 2 atom stereocenters. The summed E-state index contributed by atoms with van der Waals surface area (Å²) in [5.41, 5.74) is 6.58. The van der Waals surface area contributed by atoms with Crippen molar-refractivity contribution in [3.05, 3.63) is 29.7 Å². The zero-order chi connectivity index (χ0) is 26.0. The topological polar surface area (TPSA) is 123 Å². The van der Waals surface area contributed by atoms with Crippen LogP contribution in [0.4, 0.5) is 13.6 Å². The van der Waals surface area contributed by atoms with E-state index in [4.69, 9.17) is 14.9 Å². The number of likely N-dealkylation sites (tertiary alicyclic amines) is 1. The fourth-order valence-electron chi connectivity index (χ4n) is 3.87. The Morgan fingerprint density at radius 1 is 1.28 bits per heavy atom. The Bertz CT molecular complexity index is 1100. The number of oxazole rings is 1. The van der Waals surface area contributed by atoms with E-state index in [0.29, 0.717) is 37.6 Å². The average molecular weight is 508 g/mol. The van der Waals surface area contributed by atoms with Gasteiger partial charge in [-0.15, -0.1) is 0 Å². The quantitative estimate of drug-likeness (QED) is 0.534. The van der Waals surface area contributed by atoms with Crippen molar-refractivity contribution in [2.75, 3.05) is 33.8 Å². The monoisotopic (exact) mass is 507 g/mol. The van der Waals surface area contributed by atoms with Crippen molar-refractivity contribution in [2.45, 2.75) is 44.9 Å². The predicted octanol–water partition coefficient (Wildman–Crippen LogP) is 3.24. The number of aromatic nitrogens is 1. The van der Waals surface area contributed by atoms with Crippen LogP contribution in [0, 0.1) is 5.92 Å². The maximum absolute atomic E-state index is 13.3. The van der Waals surface area contributed by atoms with Crippen LogP contribution in [-0.2, 0) is 0 Å². The van der Waals surface area contributed by atoms with Crippen LogP contribution in [0.2, 0.25) is 0 Å². The number of nitrogens with one attached hydrogen (secondary N) is 1. The van der Waals surface area contributed by atoms with Crippen LogP contribution < -0.4 is 20.5 Å². The van der Waals surface area contributed by atoms with Gasteiger partial charge in [0.15, 0.2) is 23.0 Å². The summed E-state index contributed by atoms with van der Waals surface area (Å²) in [5, 5.41) is 2.88. The van der Waals surface area contributed by atoms with Crippen molar-refractivity contribution < 1.29 is 32.3 Å². The van der Waals surface area contributed by atoms with Crippen LogP contribution in [0.3, 0.4) is 0 Å². The largest absolute Gasteiger partial charge is 0.489 e. The molecule has 0 spiro atoms. The smallest absolute Gasteiger partial charge is 0.387 e. The summed E-state index contributed by atoms with van der Waals surface area (Å²) in [4.78, 5) is 32.7. The third-order valence-electron chi connectivity index (χ3n) is 6.06. The molecule has 0 radical (unpaired) electrons. The fourth-order valence-corrected chi connectivity index (χ4v) is 3.87. The molecule has 1 saturated heterocycles. The van der Waals surface area contributed by atoms with Gasteiger partial charge in [0, 0.05) is 38.8 Å². The van der Waals surface area contributed by atoms with Gasteiger partial charge in [-0.3, -0.25) is 4.79 Å². The Morgan fingerprint density at radius 3 is 2.67 bits per heavy atom. The maximum Gasteiger partial charge on any atom is 0.387 e. The summed E-state index contributed by atoms with van der Waals surface area (Å²) in [6, 6.07) is 3.35. The van der Waals surface area contributed by atoms with Gasteiger partial charge in [-0.05, 0) is 50.3 Å². The molecular formula is C24H31F2N5O5. The summed E-state index contributed by atoms with van der Waals surface area (Å²) in [6.45, 7) is -0.158. The third-order valence-corrected chi connectivity index (χ3v) is 6.06. The van der Waals surface area contributed by atoms with E-state index in [2.05, 4.69) is 15.0 Å². The summed E-state index contributed by atoms with van der Waals surface area (Å²) >= 11 is 0. The summed E-state index contributed by atoms with van der Waals surface area (Å²) in [6.07, 6.45) is 2.67. The number of carbonyl (C=O) groups is 2. The number of halogens is 2. The van der Waals surface area contributed by atoms with Crippen LogP contribution in [0.15, 0.2) is 22.6 Å². The van der Waals surface area contributed by atoms with E-state index >= 15 is 0 Å². The van der Waals surface area contributed by atoms with Crippen molar-refractivity contribution in [1.82, 2.24) is 20.1 Å². The highest BCUT2D eigenvalue weighted by Crippen LogP contribution is 2.37.